The van der Waals surface area contributed by atoms with Gasteiger partial charge in [-0.05, 0) is 51.2 Å². The van der Waals surface area contributed by atoms with Crippen LogP contribution in [0.5, 0.6) is 0 Å². The van der Waals surface area contributed by atoms with Crippen LogP contribution in [0.2, 0.25) is 0 Å². The number of piperidine rings is 1. The first kappa shape index (κ1) is 18.7. The second-order valence-corrected chi connectivity index (χ2v) is 7.80. The molecule has 4 N–H and O–H groups in total. The number of hydrogen-bond acceptors (Lipinski definition) is 7. The normalized spacial score (nSPS) is 18.8. The molecular formula is C21H29N7. The van der Waals surface area contributed by atoms with E-state index in [2.05, 4.69) is 25.9 Å². The number of hydrogen-bond donors (Lipinski definition) is 2. The molecule has 2 aliphatic rings. The molecule has 7 nitrogen and oxygen atoms in total. The summed E-state index contributed by atoms with van der Waals surface area (Å²) in [5.41, 5.74) is 10.5. The van der Waals surface area contributed by atoms with Crippen LogP contribution in [0.15, 0.2) is 36.9 Å². The minimum absolute atomic E-state index is 0.103. The van der Waals surface area contributed by atoms with Crippen molar-refractivity contribution in [1.82, 2.24) is 20.0 Å². The zero-order valence-corrected chi connectivity index (χ0v) is 16.5. The molecule has 0 bridgehead atoms. The van der Waals surface area contributed by atoms with Crippen molar-refractivity contribution in [2.75, 3.05) is 18.0 Å². The summed E-state index contributed by atoms with van der Waals surface area (Å²) in [7, 11) is 0. The van der Waals surface area contributed by atoms with E-state index in [1.54, 1.807) is 17.4 Å². The molecule has 1 aliphatic carbocycles. The average molecular weight is 380 g/mol. The predicted octanol–water partition coefficient (Wildman–Crippen LogP) is 2.93. The summed E-state index contributed by atoms with van der Waals surface area (Å²) in [6.45, 7) is 4.23. The molecule has 0 aromatic carbocycles. The summed E-state index contributed by atoms with van der Waals surface area (Å²) in [4.78, 5) is 15.9. The lowest BCUT2D eigenvalue weighted by molar-refractivity contribution is 0.304. The van der Waals surface area contributed by atoms with E-state index >= 15 is 0 Å². The van der Waals surface area contributed by atoms with E-state index < -0.39 is 0 Å². The van der Waals surface area contributed by atoms with E-state index in [9.17, 15) is 0 Å². The lowest BCUT2D eigenvalue weighted by Crippen LogP contribution is -2.31. The Morgan fingerprint density at radius 2 is 1.96 bits per heavy atom. The van der Waals surface area contributed by atoms with Crippen molar-refractivity contribution in [2.45, 2.75) is 51.0 Å². The van der Waals surface area contributed by atoms with Crippen molar-refractivity contribution in [3.8, 4) is 0 Å². The van der Waals surface area contributed by atoms with Gasteiger partial charge in [-0.2, -0.15) is 0 Å². The maximum absolute atomic E-state index is 6.26. The highest BCUT2D eigenvalue weighted by Gasteiger charge is 2.25. The molecule has 2 aromatic heterocycles. The molecule has 1 aliphatic heterocycles. The third-order valence-corrected chi connectivity index (χ3v) is 5.60. The molecule has 1 atom stereocenters. The fourth-order valence-electron chi connectivity index (χ4n) is 3.57. The lowest BCUT2D eigenvalue weighted by atomic mass is 10.1. The zero-order chi connectivity index (χ0) is 19.5. The molecule has 148 valence electrons. The molecule has 0 amide bonds. The predicted molar refractivity (Wildman–Crippen MR) is 111 cm³/mol. The van der Waals surface area contributed by atoms with Crippen molar-refractivity contribution >= 4 is 11.4 Å². The Morgan fingerprint density at radius 1 is 1.18 bits per heavy atom. The maximum Gasteiger partial charge on any atom is 0.106 e. The smallest absolute Gasteiger partial charge is 0.106 e. The van der Waals surface area contributed by atoms with Gasteiger partial charge in [-0.25, -0.2) is 10.8 Å². The molecule has 3 heterocycles. The van der Waals surface area contributed by atoms with Crippen LogP contribution in [0.25, 0.3) is 5.70 Å². The Kier molecular flexibility index (Phi) is 5.43. The minimum Gasteiger partial charge on any atom is -0.396 e. The van der Waals surface area contributed by atoms with Gasteiger partial charge in [0.15, 0.2) is 0 Å². The van der Waals surface area contributed by atoms with Gasteiger partial charge in [0.2, 0.25) is 0 Å². The molecule has 2 fully saturated rings. The van der Waals surface area contributed by atoms with Gasteiger partial charge in [0.25, 0.3) is 0 Å². The topological polar surface area (TPSA) is 97.2 Å². The maximum atomic E-state index is 6.26. The Balaban J connectivity index is 1.44. The number of nitrogens with zero attached hydrogens (tertiary/aromatic N) is 5. The summed E-state index contributed by atoms with van der Waals surface area (Å²) in [5.74, 6) is 6.79. The second-order valence-electron chi connectivity index (χ2n) is 7.80. The standard InChI is InChI=1S/C21H29N7/c1-15(19-8-7-17(11-25-19)27-9-3-2-4-10-27)28(23)14-18(22)21-13-24-12-20(26-21)16-5-6-16/h7-8,11-16H,2-6,9-10,22-23H2,1H3/b18-14-. The first-order valence-corrected chi connectivity index (χ1v) is 10.2. The third-order valence-electron chi connectivity index (χ3n) is 5.60. The minimum atomic E-state index is -0.103. The van der Waals surface area contributed by atoms with Crippen LogP contribution in [-0.4, -0.2) is 33.1 Å². The molecule has 28 heavy (non-hydrogen) atoms. The van der Waals surface area contributed by atoms with Crippen molar-refractivity contribution in [3.63, 3.8) is 0 Å². The van der Waals surface area contributed by atoms with Crippen LogP contribution in [0.3, 0.4) is 0 Å². The fraction of sp³-hybridized carbons (Fsp3) is 0.476. The molecule has 4 rings (SSSR count). The summed E-state index contributed by atoms with van der Waals surface area (Å²) < 4.78 is 0. The zero-order valence-electron chi connectivity index (χ0n) is 16.5. The highest BCUT2D eigenvalue weighted by atomic mass is 15.4. The summed E-state index contributed by atoms with van der Waals surface area (Å²) in [6.07, 6.45) is 13.4. The average Bonchev–Trinajstić information content (AvgIpc) is 3.59. The number of aromatic nitrogens is 3. The molecule has 1 saturated carbocycles. The van der Waals surface area contributed by atoms with E-state index in [1.807, 2.05) is 25.4 Å². The van der Waals surface area contributed by atoms with Gasteiger partial charge in [-0.1, -0.05) is 0 Å². The van der Waals surface area contributed by atoms with Gasteiger partial charge < -0.3 is 15.6 Å². The molecule has 1 saturated heterocycles. The molecule has 1 unspecified atom stereocenters. The third kappa shape index (κ3) is 4.25. The van der Waals surface area contributed by atoms with Crippen LogP contribution in [0.4, 0.5) is 5.69 Å². The largest absolute Gasteiger partial charge is 0.396 e. The highest BCUT2D eigenvalue weighted by Crippen LogP contribution is 2.38. The van der Waals surface area contributed by atoms with E-state index in [0.717, 1.165) is 24.5 Å². The van der Waals surface area contributed by atoms with Gasteiger partial charge in [0.05, 0.1) is 41.2 Å². The Bertz CT molecular complexity index is 823. The number of nitrogens with two attached hydrogens (primary N) is 2. The van der Waals surface area contributed by atoms with Gasteiger partial charge in [0.1, 0.15) is 5.69 Å². The van der Waals surface area contributed by atoms with Gasteiger partial charge in [-0.15, -0.1) is 0 Å². The molecule has 7 heteroatoms. The Labute approximate surface area is 166 Å². The van der Waals surface area contributed by atoms with Crippen LogP contribution in [0, 0.1) is 0 Å². The molecular weight excluding hydrogens is 350 g/mol. The Morgan fingerprint density at radius 3 is 2.64 bits per heavy atom. The van der Waals surface area contributed by atoms with Gasteiger partial charge >= 0.3 is 0 Å². The fourth-order valence-corrected chi connectivity index (χ4v) is 3.57. The van der Waals surface area contributed by atoms with Gasteiger partial charge in [0, 0.05) is 31.4 Å². The first-order valence-electron chi connectivity index (χ1n) is 10.2. The molecule has 2 aromatic rings. The number of pyridine rings is 1. The van der Waals surface area contributed by atoms with Crippen LogP contribution in [-0.2, 0) is 0 Å². The molecule has 0 radical (unpaired) electrons. The monoisotopic (exact) mass is 379 g/mol. The van der Waals surface area contributed by atoms with Crippen molar-refractivity contribution in [2.24, 2.45) is 11.6 Å². The highest BCUT2D eigenvalue weighted by molar-refractivity contribution is 5.58. The lowest BCUT2D eigenvalue weighted by Gasteiger charge is -2.29. The van der Waals surface area contributed by atoms with Crippen LogP contribution < -0.4 is 16.5 Å². The summed E-state index contributed by atoms with van der Waals surface area (Å²) in [6, 6.07) is 4.08. The summed E-state index contributed by atoms with van der Waals surface area (Å²) in [5, 5.41) is 1.59. The van der Waals surface area contributed by atoms with Crippen molar-refractivity contribution in [1.29, 1.82) is 0 Å². The summed E-state index contributed by atoms with van der Waals surface area (Å²) >= 11 is 0. The number of rotatable bonds is 6. The quantitative estimate of drug-likeness (QED) is 0.588. The van der Waals surface area contributed by atoms with E-state index in [4.69, 9.17) is 11.6 Å². The van der Waals surface area contributed by atoms with Crippen molar-refractivity contribution in [3.05, 3.63) is 54.0 Å². The van der Waals surface area contributed by atoms with Crippen LogP contribution >= 0.6 is 0 Å². The van der Waals surface area contributed by atoms with E-state index in [0.29, 0.717) is 17.3 Å². The van der Waals surface area contributed by atoms with Crippen molar-refractivity contribution < 1.29 is 0 Å². The SMILES string of the molecule is CC(c1ccc(N2CCCCC2)cn1)N(N)/C=C(\N)c1cncc(C2CC2)n1. The second kappa shape index (κ2) is 8.14. The number of hydrazine groups is 1. The Hall–Kier alpha value is -2.67. The van der Waals surface area contributed by atoms with Gasteiger partial charge in [-0.3, -0.25) is 9.97 Å². The van der Waals surface area contributed by atoms with Crippen LogP contribution in [0.1, 0.15) is 68.1 Å². The van der Waals surface area contributed by atoms with E-state index in [1.165, 1.54) is 37.8 Å². The number of anilines is 1. The van der Waals surface area contributed by atoms with E-state index in [-0.39, 0.29) is 6.04 Å². The first-order chi connectivity index (χ1) is 13.6. The molecule has 0 spiro atoms.